The van der Waals surface area contributed by atoms with Gasteiger partial charge < -0.3 is 0 Å². The number of aromatic nitrogens is 2. The van der Waals surface area contributed by atoms with Gasteiger partial charge in [-0.1, -0.05) is 163 Å². The molecule has 0 bridgehead atoms. The molecule has 6 aromatic carbocycles. The van der Waals surface area contributed by atoms with E-state index in [-0.39, 0.29) is 10.8 Å². The van der Waals surface area contributed by atoms with Crippen molar-refractivity contribution in [1.82, 2.24) is 9.97 Å². The summed E-state index contributed by atoms with van der Waals surface area (Å²) in [6.45, 7) is 13.5. The van der Waals surface area contributed by atoms with Gasteiger partial charge in [0.1, 0.15) is 11.0 Å². The lowest BCUT2D eigenvalue weighted by Crippen LogP contribution is -2.10. The Hall–Kier alpha value is -4.12. The Labute approximate surface area is 300 Å². The third kappa shape index (κ3) is 6.13. The van der Waals surface area contributed by atoms with E-state index in [1.54, 1.807) is 0 Å². The molecule has 7 aromatic rings. The zero-order valence-electron chi connectivity index (χ0n) is 28.2. The molecule has 0 aliphatic heterocycles. The van der Waals surface area contributed by atoms with Gasteiger partial charge in [-0.05, 0) is 86.8 Å². The highest BCUT2D eigenvalue weighted by Crippen LogP contribution is 2.41. The molecule has 0 amide bonds. The fourth-order valence-electron chi connectivity index (χ4n) is 6.23. The normalized spacial score (nSPS) is 12.2. The van der Waals surface area contributed by atoms with E-state index >= 15 is 0 Å². The lowest BCUT2D eigenvalue weighted by atomic mass is 9.86. The number of hydrogen-bond acceptors (Lipinski definition) is 2. The summed E-state index contributed by atoms with van der Waals surface area (Å²) in [4.78, 5) is 10.7. The Bertz CT molecular complexity index is 2110. The molecule has 0 N–H and O–H groups in total. The summed E-state index contributed by atoms with van der Waals surface area (Å²) in [7, 11) is 0. The molecule has 1 aromatic heterocycles. The molecule has 0 aliphatic carbocycles. The van der Waals surface area contributed by atoms with Crippen molar-refractivity contribution in [3.05, 3.63) is 141 Å². The first kappa shape index (κ1) is 32.4. The van der Waals surface area contributed by atoms with Gasteiger partial charge in [-0.15, -0.1) is 0 Å². The van der Waals surface area contributed by atoms with Crippen molar-refractivity contribution in [3.63, 3.8) is 0 Å². The molecular formula is C44H38Br2N2. The maximum absolute atomic E-state index is 5.35. The molecular weight excluding hydrogens is 716 g/mol. The van der Waals surface area contributed by atoms with Crippen LogP contribution in [0.3, 0.4) is 0 Å². The molecule has 0 spiro atoms. The van der Waals surface area contributed by atoms with Gasteiger partial charge in [0, 0.05) is 11.1 Å². The predicted molar refractivity (Wildman–Crippen MR) is 212 cm³/mol. The highest BCUT2D eigenvalue weighted by Gasteiger charge is 2.20. The SMILES string of the molecule is CC(C)(C)c1ccc(-c2ccc(-c3nc4c(Br)c5ccccc5c(Br)c4nc3-c3ccc(-c4ccc(C(C)(C)C)cc4)cc3)cc2)cc1. The molecule has 1 heterocycles. The Balaban J connectivity index is 1.34. The zero-order chi connectivity index (χ0) is 33.8. The van der Waals surface area contributed by atoms with Crippen molar-refractivity contribution in [2.75, 3.05) is 0 Å². The van der Waals surface area contributed by atoms with E-state index in [0.29, 0.717) is 0 Å². The van der Waals surface area contributed by atoms with E-state index in [2.05, 4.69) is 195 Å². The van der Waals surface area contributed by atoms with E-state index in [4.69, 9.17) is 9.97 Å². The van der Waals surface area contributed by atoms with Crippen molar-refractivity contribution >= 4 is 53.7 Å². The summed E-state index contributed by atoms with van der Waals surface area (Å²) < 4.78 is 1.89. The van der Waals surface area contributed by atoms with Crippen molar-refractivity contribution in [3.8, 4) is 44.8 Å². The molecule has 0 fully saturated rings. The van der Waals surface area contributed by atoms with Gasteiger partial charge in [0.15, 0.2) is 0 Å². The van der Waals surface area contributed by atoms with E-state index < -0.39 is 0 Å². The number of halogens is 2. The molecule has 0 saturated carbocycles. The highest BCUT2D eigenvalue weighted by molar-refractivity contribution is 9.11. The lowest BCUT2D eigenvalue weighted by Gasteiger charge is -2.19. The third-order valence-corrected chi connectivity index (χ3v) is 10.8. The molecule has 2 nitrogen and oxygen atoms in total. The molecule has 4 heteroatoms. The molecule has 48 heavy (non-hydrogen) atoms. The van der Waals surface area contributed by atoms with Crippen molar-refractivity contribution in [2.45, 2.75) is 52.4 Å². The smallest absolute Gasteiger partial charge is 0.105 e. The minimum Gasteiger partial charge on any atom is -0.243 e. The van der Waals surface area contributed by atoms with Gasteiger partial charge in [0.25, 0.3) is 0 Å². The zero-order valence-corrected chi connectivity index (χ0v) is 31.4. The van der Waals surface area contributed by atoms with Crippen LogP contribution in [-0.2, 0) is 10.8 Å². The van der Waals surface area contributed by atoms with Crippen molar-refractivity contribution in [1.29, 1.82) is 0 Å². The first-order valence-corrected chi connectivity index (χ1v) is 18.0. The van der Waals surface area contributed by atoms with Crippen LogP contribution in [0.15, 0.2) is 130 Å². The number of rotatable bonds is 4. The highest BCUT2D eigenvalue weighted by atomic mass is 79.9. The van der Waals surface area contributed by atoms with Crippen LogP contribution in [0.4, 0.5) is 0 Å². The molecule has 0 radical (unpaired) electrons. The van der Waals surface area contributed by atoms with E-state index in [0.717, 1.165) is 53.3 Å². The van der Waals surface area contributed by atoms with Crippen LogP contribution < -0.4 is 0 Å². The monoisotopic (exact) mass is 752 g/mol. The number of fused-ring (bicyclic) bond motifs is 2. The van der Waals surface area contributed by atoms with Gasteiger partial charge in [-0.3, -0.25) is 0 Å². The standard InChI is InChI=1S/C44H38Br2N2/c1-43(2,3)33-23-19-29(20-24-33)27-11-15-31(16-12-27)39-40(48-42-38(46)36-10-8-7-9-35(36)37(45)41(42)47-39)32-17-13-28(14-18-32)30-21-25-34(26-22-30)44(4,5)6/h7-26H,1-6H3. The van der Waals surface area contributed by atoms with Crippen LogP contribution in [0.1, 0.15) is 52.7 Å². The number of nitrogens with zero attached hydrogens (tertiary/aromatic N) is 2. The lowest BCUT2D eigenvalue weighted by molar-refractivity contribution is 0.590. The van der Waals surface area contributed by atoms with Gasteiger partial charge in [-0.2, -0.15) is 0 Å². The summed E-state index contributed by atoms with van der Waals surface area (Å²) in [5.74, 6) is 0. The van der Waals surface area contributed by atoms with E-state index in [1.165, 1.54) is 33.4 Å². The third-order valence-electron chi connectivity index (χ3n) is 9.20. The van der Waals surface area contributed by atoms with Gasteiger partial charge in [-0.25, -0.2) is 9.97 Å². The Morgan fingerprint density at radius 1 is 0.375 bits per heavy atom. The maximum atomic E-state index is 5.35. The molecule has 0 aliphatic rings. The Morgan fingerprint density at radius 3 is 0.938 bits per heavy atom. The van der Waals surface area contributed by atoms with Crippen LogP contribution >= 0.6 is 31.9 Å². The average Bonchev–Trinajstić information content (AvgIpc) is 3.09. The van der Waals surface area contributed by atoms with Gasteiger partial charge in [0.05, 0.1) is 20.3 Å². The van der Waals surface area contributed by atoms with Crippen LogP contribution in [0, 0.1) is 0 Å². The number of hydrogen-bond donors (Lipinski definition) is 0. The second-order valence-corrected chi connectivity index (χ2v) is 16.2. The largest absolute Gasteiger partial charge is 0.243 e. The molecule has 0 saturated heterocycles. The first-order chi connectivity index (χ1) is 22.9. The van der Waals surface area contributed by atoms with Crippen molar-refractivity contribution < 1.29 is 0 Å². The fraction of sp³-hybridized carbons (Fsp3) is 0.182. The average molecular weight is 755 g/mol. The fourth-order valence-corrected chi connectivity index (χ4v) is 7.48. The summed E-state index contributed by atoms with van der Waals surface area (Å²) in [6.07, 6.45) is 0. The first-order valence-electron chi connectivity index (χ1n) is 16.4. The number of benzene rings is 6. The van der Waals surface area contributed by atoms with E-state index in [1.807, 2.05) is 0 Å². The molecule has 0 atom stereocenters. The van der Waals surface area contributed by atoms with Crippen LogP contribution in [0.25, 0.3) is 66.6 Å². The topological polar surface area (TPSA) is 25.8 Å². The maximum Gasteiger partial charge on any atom is 0.105 e. The molecule has 0 unspecified atom stereocenters. The van der Waals surface area contributed by atoms with Crippen LogP contribution in [-0.4, -0.2) is 9.97 Å². The summed E-state index contributed by atoms with van der Waals surface area (Å²) in [5.41, 5.74) is 13.0. The minimum absolute atomic E-state index is 0.122. The predicted octanol–water partition coefficient (Wildman–Crippen LogP) is 13.6. The minimum atomic E-state index is 0.122. The summed E-state index contributed by atoms with van der Waals surface area (Å²) in [5, 5.41) is 2.20. The van der Waals surface area contributed by atoms with Gasteiger partial charge in [0.2, 0.25) is 0 Å². The molecule has 7 rings (SSSR count). The molecule has 238 valence electrons. The quantitative estimate of drug-likeness (QED) is 0.167. The van der Waals surface area contributed by atoms with Gasteiger partial charge >= 0.3 is 0 Å². The Kier molecular flexibility index (Phi) is 8.38. The van der Waals surface area contributed by atoms with Crippen LogP contribution in [0.5, 0.6) is 0 Å². The van der Waals surface area contributed by atoms with Crippen LogP contribution in [0.2, 0.25) is 0 Å². The second-order valence-electron chi connectivity index (χ2n) is 14.6. The Morgan fingerprint density at radius 2 is 0.646 bits per heavy atom. The summed E-state index contributed by atoms with van der Waals surface area (Å²) in [6, 6.07) is 43.6. The van der Waals surface area contributed by atoms with E-state index in [9.17, 15) is 0 Å². The second kappa shape index (κ2) is 12.4. The summed E-state index contributed by atoms with van der Waals surface area (Å²) >= 11 is 7.79. The van der Waals surface area contributed by atoms with Crippen molar-refractivity contribution in [2.24, 2.45) is 0 Å².